The number of anilines is 1. The highest BCUT2D eigenvalue weighted by atomic mass is 32.1. The number of carbonyl (C=O) groups is 1. The van der Waals surface area contributed by atoms with Crippen molar-refractivity contribution in [3.8, 4) is 0 Å². The van der Waals surface area contributed by atoms with Gasteiger partial charge in [-0.3, -0.25) is 14.9 Å². The van der Waals surface area contributed by atoms with Gasteiger partial charge in [0.25, 0.3) is 11.6 Å². The Morgan fingerprint density at radius 2 is 2.25 bits per heavy atom. The van der Waals surface area contributed by atoms with E-state index >= 15 is 0 Å². The van der Waals surface area contributed by atoms with Gasteiger partial charge >= 0.3 is 0 Å². The van der Waals surface area contributed by atoms with Crippen molar-refractivity contribution in [1.82, 2.24) is 15.5 Å². The Bertz CT molecular complexity index is 642. The fraction of sp³-hybridized carbons (Fsp3) is 0.182. The zero-order valence-electron chi connectivity index (χ0n) is 10.5. The van der Waals surface area contributed by atoms with E-state index < -0.39 is 4.92 Å². The molecule has 1 heterocycles. The number of rotatable bonds is 5. The average Bonchev–Trinajstić information content (AvgIpc) is 2.94. The van der Waals surface area contributed by atoms with Gasteiger partial charge in [0.05, 0.1) is 4.92 Å². The van der Waals surface area contributed by atoms with E-state index in [-0.39, 0.29) is 23.1 Å². The molecule has 1 aromatic heterocycles. The molecule has 0 unspecified atom stereocenters. The molecular formula is C11H11N5O3S. The van der Waals surface area contributed by atoms with Crippen molar-refractivity contribution in [3.05, 3.63) is 45.0 Å². The summed E-state index contributed by atoms with van der Waals surface area (Å²) >= 11 is 1.13. The number of nitro benzene ring substituents is 1. The summed E-state index contributed by atoms with van der Waals surface area (Å²) < 4.78 is 0. The molecule has 2 rings (SSSR count). The van der Waals surface area contributed by atoms with E-state index in [1.165, 1.54) is 12.1 Å². The highest BCUT2D eigenvalue weighted by Crippen LogP contribution is 2.15. The fourth-order valence-electron chi connectivity index (χ4n) is 1.45. The summed E-state index contributed by atoms with van der Waals surface area (Å²) in [6.07, 6.45) is 0. The van der Waals surface area contributed by atoms with Crippen LogP contribution in [0.25, 0.3) is 0 Å². The molecule has 2 aromatic rings. The quantitative estimate of drug-likeness (QED) is 0.637. The van der Waals surface area contributed by atoms with Crippen molar-refractivity contribution in [2.75, 3.05) is 12.4 Å². The van der Waals surface area contributed by atoms with E-state index in [1.54, 1.807) is 19.2 Å². The number of aromatic nitrogens is 2. The number of benzene rings is 1. The Hall–Kier alpha value is -2.55. The molecule has 0 aliphatic carbocycles. The predicted octanol–water partition coefficient (Wildman–Crippen LogP) is 1.42. The normalized spacial score (nSPS) is 10.1. The van der Waals surface area contributed by atoms with Crippen LogP contribution in [-0.4, -0.2) is 28.1 Å². The van der Waals surface area contributed by atoms with E-state index in [0.717, 1.165) is 11.3 Å². The van der Waals surface area contributed by atoms with Crippen molar-refractivity contribution in [3.63, 3.8) is 0 Å². The van der Waals surface area contributed by atoms with Gasteiger partial charge in [-0.05, 0) is 5.56 Å². The number of hydrogen-bond donors (Lipinski definition) is 2. The molecule has 0 radical (unpaired) electrons. The van der Waals surface area contributed by atoms with Crippen molar-refractivity contribution < 1.29 is 9.72 Å². The number of non-ortho nitro benzene ring substituents is 1. The molecule has 0 aliphatic heterocycles. The highest BCUT2D eigenvalue weighted by molar-refractivity contribution is 7.17. The third kappa shape index (κ3) is 3.26. The largest absolute Gasteiger partial charge is 0.363 e. The van der Waals surface area contributed by atoms with Gasteiger partial charge in [0.15, 0.2) is 0 Å². The summed E-state index contributed by atoms with van der Waals surface area (Å²) in [7, 11) is 1.69. The Labute approximate surface area is 118 Å². The van der Waals surface area contributed by atoms with Crippen molar-refractivity contribution in [2.45, 2.75) is 6.54 Å². The number of carbonyl (C=O) groups excluding carboxylic acids is 1. The minimum Gasteiger partial charge on any atom is -0.363 e. The number of nitro groups is 1. The van der Waals surface area contributed by atoms with Crippen LogP contribution in [0.1, 0.15) is 15.4 Å². The minimum atomic E-state index is -0.477. The van der Waals surface area contributed by atoms with Crippen LogP contribution in [-0.2, 0) is 6.54 Å². The molecule has 1 amide bonds. The fourth-order valence-corrected chi connectivity index (χ4v) is 2.07. The summed E-state index contributed by atoms with van der Waals surface area (Å²) in [6.45, 7) is 0.189. The van der Waals surface area contributed by atoms with Gasteiger partial charge in [-0.25, -0.2) is 0 Å². The first-order valence-corrected chi connectivity index (χ1v) is 6.44. The maximum atomic E-state index is 11.8. The average molecular weight is 293 g/mol. The molecule has 0 saturated heterocycles. The molecule has 0 atom stereocenters. The second kappa shape index (κ2) is 6.06. The lowest BCUT2D eigenvalue weighted by Crippen LogP contribution is -2.22. The first-order chi connectivity index (χ1) is 9.60. The maximum Gasteiger partial charge on any atom is 0.282 e. The van der Waals surface area contributed by atoms with Gasteiger partial charge in [-0.15, -0.1) is 10.2 Å². The van der Waals surface area contributed by atoms with Crippen molar-refractivity contribution in [1.29, 1.82) is 0 Å². The Kier molecular flexibility index (Phi) is 4.20. The van der Waals surface area contributed by atoms with Crippen LogP contribution >= 0.6 is 11.3 Å². The Morgan fingerprint density at radius 3 is 2.90 bits per heavy atom. The summed E-state index contributed by atoms with van der Waals surface area (Å²) in [4.78, 5) is 22.0. The van der Waals surface area contributed by atoms with Crippen LogP contribution in [0, 0.1) is 10.1 Å². The molecule has 0 saturated carbocycles. The van der Waals surface area contributed by atoms with Gasteiger partial charge in [-0.1, -0.05) is 23.5 Å². The maximum absolute atomic E-state index is 11.8. The van der Waals surface area contributed by atoms with E-state index in [9.17, 15) is 14.9 Å². The van der Waals surface area contributed by atoms with E-state index in [4.69, 9.17) is 0 Å². The lowest BCUT2D eigenvalue weighted by molar-refractivity contribution is -0.384. The molecular weight excluding hydrogens is 282 g/mol. The second-order valence-corrected chi connectivity index (χ2v) is 4.75. The number of amides is 1. The molecule has 0 aliphatic rings. The Morgan fingerprint density at radius 1 is 1.45 bits per heavy atom. The van der Waals surface area contributed by atoms with Crippen LogP contribution in [0.5, 0.6) is 0 Å². The first kappa shape index (κ1) is 13.9. The molecule has 20 heavy (non-hydrogen) atoms. The SMILES string of the molecule is CNc1nnc(C(=O)NCc2cccc([N+](=O)[O-])c2)s1. The molecule has 0 fully saturated rings. The van der Waals surface area contributed by atoms with Crippen LogP contribution in [0.4, 0.5) is 10.8 Å². The first-order valence-electron chi connectivity index (χ1n) is 5.63. The second-order valence-electron chi connectivity index (χ2n) is 3.77. The van der Waals surface area contributed by atoms with Gasteiger partial charge in [0.1, 0.15) is 0 Å². The zero-order valence-corrected chi connectivity index (χ0v) is 11.3. The lowest BCUT2D eigenvalue weighted by atomic mass is 10.2. The molecule has 8 nitrogen and oxygen atoms in total. The van der Waals surface area contributed by atoms with Crippen LogP contribution < -0.4 is 10.6 Å². The van der Waals surface area contributed by atoms with Crippen molar-refractivity contribution >= 4 is 28.1 Å². The van der Waals surface area contributed by atoms with Crippen molar-refractivity contribution in [2.24, 2.45) is 0 Å². The van der Waals surface area contributed by atoms with Crippen LogP contribution in [0.2, 0.25) is 0 Å². The van der Waals surface area contributed by atoms with Crippen LogP contribution in [0.15, 0.2) is 24.3 Å². The zero-order chi connectivity index (χ0) is 14.5. The van der Waals surface area contributed by atoms with Gasteiger partial charge in [0, 0.05) is 25.7 Å². The van der Waals surface area contributed by atoms with Gasteiger partial charge in [-0.2, -0.15) is 0 Å². The summed E-state index contributed by atoms with van der Waals surface area (Å²) in [6, 6.07) is 6.09. The topological polar surface area (TPSA) is 110 Å². The summed E-state index contributed by atoms with van der Waals surface area (Å²) in [5.74, 6) is -0.365. The summed E-state index contributed by atoms with van der Waals surface area (Å²) in [5.41, 5.74) is 0.635. The number of nitrogens with zero attached hydrogens (tertiary/aromatic N) is 3. The molecule has 2 N–H and O–H groups in total. The van der Waals surface area contributed by atoms with E-state index in [1.807, 2.05) is 0 Å². The Balaban J connectivity index is 1.99. The van der Waals surface area contributed by atoms with E-state index in [0.29, 0.717) is 10.7 Å². The minimum absolute atomic E-state index is 0.00914. The molecule has 0 bridgehead atoms. The van der Waals surface area contributed by atoms with Gasteiger partial charge < -0.3 is 10.6 Å². The van der Waals surface area contributed by atoms with Gasteiger partial charge in [0.2, 0.25) is 10.1 Å². The lowest BCUT2D eigenvalue weighted by Gasteiger charge is -2.02. The smallest absolute Gasteiger partial charge is 0.282 e. The summed E-state index contributed by atoms with van der Waals surface area (Å²) in [5, 5.41) is 24.3. The number of hydrogen-bond acceptors (Lipinski definition) is 7. The third-order valence-electron chi connectivity index (χ3n) is 2.41. The standard InChI is InChI=1S/C11H11N5O3S/c1-12-11-15-14-10(20-11)9(17)13-6-7-3-2-4-8(5-7)16(18)19/h2-5H,6H2,1H3,(H,12,15)(H,13,17). The molecule has 104 valence electrons. The molecule has 1 aromatic carbocycles. The highest BCUT2D eigenvalue weighted by Gasteiger charge is 2.12. The van der Waals surface area contributed by atoms with E-state index in [2.05, 4.69) is 20.8 Å². The monoisotopic (exact) mass is 293 g/mol. The molecule has 0 spiro atoms. The predicted molar refractivity (Wildman–Crippen MR) is 73.7 cm³/mol. The molecule has 9 heteroatoms. The third-order valence-corrected chi connectivity index (χ3v) is 3.35. The number of nitrogens with one attached hydrogen (secondary N) is 2. The van der Waals surface area contributed by atoms with Crippen LogP contribution in [0.3, 0.4) is 0 Å².